The molecule has 0 spiro atoms. The molecule has 0 N–H and O–H groups in total. The third-order valence-electron chi connectivity index (χ3n) is 10.0. The van der Waals surface area contributed by atoms with Gasteiger partial charge in [-0.3, -0.25) is 9.13 Å². The fraction of sp³-hybridized carbons (Fsp3) is 0. The van der Waals surface area contributed by atoms with Crippen LogP contribution in [0.3, 0.4) is 0 Å². The summed E-state index contributed by atoms with van der Waals surface area (Å²) in [6, 6.07) is 58.1. The molecule has 6 aromatic carbocycles. The van der Waals surface area contributed by atoms with Gasteiger partial charge in [0.25, 0.3) is 0 Å². The molecule has 0 unspecified atom stereocenters. The van der Waals surface area contributed by atoms with Crippen LogP contribution in [0.15, 0.2) is 164 Å². The van der Waals surface area contributed by atoms with Crippen LogP contribution in [0, 0.1) is 0 Å². The molecule has 0 saturated carbocycles. The van der Waals surface area contributed by atoms with Gasteiger partial charge < -0.3 is 4.57 Å². The Morgan fingerprint density at radius 1 is 0.327 bits per heavy atom. The van der Waals surface area contributed by atoms with Gasteiger partial charge in [0.1, 0.15) is 11.6 Å². The van der Waals surface area contributed by atoms with E-state index in [1.54, 1.807) is 0 Å². The van der Waals surface area contributed by atoms with E-state index in [-0.39, 0.29) is 0 Å². The molecular weight excluding hydrogens is 599 g/mol. The highest BCUT2D eigenvalue weighted by atomic mass is 15.1. The first kappa shape index (κ1) is 26.4. The fourth-order valence-corrected chi connectivity index (χ4v) is 8.00. The van der Waals surface area contributed by atoms with E-state index in [1.807, 2.05) is 0 Å². The maximum Gasteiger partial charge on any atom is 0.163 e. The lowest BCUT2D eigenvalue weighted by Crippen LogP contribution is -2.01. The van der Waals surface area contributed by atoms with Crippen molar-refractivity contribution in [1.82, 2.24) is 23.7 Å². The Hall–Kier alpha value is -6.72. The first-order valence-corrected chi connectivity index (χ1v) is 16.6. The smallest absolute Gasteiger partial charge is 0.163 e. The van der Waals surface area contributed by atoms with Gasteiger partial charge in [0.15, 0.2) is 5.65 Å². The Kier molecular flexibility index (Phi) is 5.32. The van der Waals surface area contributed by atoms with Crippen molar-refractivity contribution < 1.29 is 0 Å². The molecule has 49 heavy (non-hydrogen) atoms. The lowest BCUT2D eigenvalue weighted by molar-refractivity contribution is 1.06. The zero-order valence-corrected chi connectivity index (χ0v) is 26.3. The number of nitrogens with zero attached hydrogens (tertiary/aromatic N) is 5. The number of aromatic nitrogens is 5. The first-order chi connectivity index (χ1) is 24.3. The standard InChI is InChI=1S/C44H27N5/c1-2-12-29(13-3-1)47-35-18-8-6-16-32(35)33-24-25-39-42(43(33)47)34-17-7-11-21-38(34)49(39)41-27-23-28-22-26-40(45-44(28)46-41)48-36-19-9-4-14-30(36)31-15-5-10-20-37(31)48/h1-27H. The van der Waals surface area contributed by atoms with Gasteiger partial charge in [-0.25, -0.2) is 9.97 Å². The summed E-state index contributed by atoms with van der Waals surface area (Å²) in [5.74, 6) is 1.69. The topological polar surface area (TPSA) is 40.6 Å². The van der Waals surface area contributed by atoms with E-state index < -0.39 is 0 Å². The lowest BCUT2D eigenvalue weighted by atomic mass is 10.1. The van der Waals surface area contributed by atoms with Crippen molar-refractivity contribution in [3.63, 3.8) is 0 Å². The largest absolute Gasteiger partial charge is 0.309 e. The maximum atomic E-state index is 5.28. The summed E-state index contributed by atoms with van der Waals surface area (Å²) in [5, 5.41) is 8.31. The van der Waals surface area contributed by atoms with Crippen molar-refractivity contribution in [2.24, 2.45) is 0 Å². The van der Waals surface area contributed by atoms with E-state index in [0.29, 0.717) is 5.65 Å². The van der Waals surface area contributed by atoms with E-state index in [9.17, 15) is 0 Å². The summed E-state index contributed by atoms with van der Waals surface area (Å²) in [5.41, 5.74) is 8.73. The second kappa shape index (κ2) is 9.89. The monoisotopic (exact) mass is 625 g/mol. The number of hydrogen-bond acceptors (Lipinski definition) is 2. The van der Waals surface area contributed by atoms with Crippen LogP contribution in [0.1, 0.15) is 0 Å². The third-order valence-corrected chi connectivity index (χ3v) is 10.0. The highest BCUT2D eigenvalue weighted by Crippen LogP contribution is 2.42. The van der Waals surface area contributed by atoms with Crippen LogP contribution in [0.2, 0.25) is 0 Å². The molecule has 0 aliphatic rings. The van der Waals surface area contributed by atoms with E-state index >= 15 is 0 Å². The molecule has 0 amide bonds. The molecular formula is C44H27N5. The predicted molar refractivity (Wildman–Crippen MR) is 203 cm³/mol. The quantitative estimate of drug-likeness (QED) is 0.196. The lowest BCUT2D eigenvalue weighted by Gasteiger charge is -2.11. The summed E-state index contributed by atoms with van der Waals surface area (Å²) >= 11 is 0. The van der Waals surface area contributed by atoms with Crippen LogP contribution in [-0.2, 0) is 0 Å². The van der Waals surface area contributed by atoms with Crippen molar-refractivity contribution >= 4 is 76.5 Å². The number of pyridine rings is 2. The van der Waals surface area contributed by atoms with Crippen LogP contribution >= 0.6 is 0 Å². The van der Waals surface area contributed by atoms with Crippen LogP contribution < -0.4 is 0 Å². The summed E-state index contributed by atoms with van der Waals surface area (Å²) < 4.78 is 6.96. The number of para-hydroxylation sites is 5. The number of fused-ring (bicyclic) bond motifs is 11. The van der Waals surface area contributed by atoms with Gasteiger partial charge in [-0.1, -0.05) is 97.1 Å². The molecule has 5 aromatic heterocycles. The van der Waals surface area contributed by atoms with Gasteiger partial charge in [-0.15, -0.1) is 0 Å². The van der Waals surface area contributed by atoms with Crippen molar-refractivity contribution in [1.29, 1.82) is 0 Å². The van der Waals surface area contributed by atoms with Gasteiger partial charge in [0.05, 0.1) is 33.1 Å². The molecule has 11 aromatic rings. The Bertz CT molecular complexity index is 3050. The summed E-state index contributed by atoms with van der Waals surface area (Å²) in [6.07, 6.45) is 0. The molecule has 0 aliphatic heterocycles. The SMILES string of the molecule is c1ccc(-n2c3ccccc3c3ccc4c(c5ccccc5n4-c4ccc5ccc(-n6c7ccccc7c7ccccc76)nc5n4)c32)cc1. The van der Waals surface area contributed by atoms with Crippen LogP contribution in [0.25, 0.3) is 93.8 Å². The van der Waals surface area contributed by atoms with Crippen LogP contribution in [0.5, 0.6) is 0 Å². The molecule has 5 nitrogen and oxygen atoms in total. The molecule has 5 heteroatoms. The minimum Gasteiger partial charge on any atom is -0.309 e. The molecule has 0 fully saturated rings. The molecule has 0 saturated heterocycles. The van der Waals surface area contributed by atoms with Gasteiger partial charge in [0, 0.05) is 43.4 Å². The summed E-state index contributed by atoms with van der Waals surface area (Å²) in [7, 11) is 0. The number of rotatable bonds is 3. The first-order valence-electron chi connectivity index (χ1n) is 16.6. The second-order valence-corrected chi connectivity index (χ2v) is 12.7. The van der Waals surface area contributed by atoms with Crippen molar-refractivity contribution in [2.45, 2.75) is 0 Å². The van der Waals surface area contributed by atoms with Gasteiger partial charge in [0.2, 0.25) is 0 Å². The summed E-state index contributed by atoms with van der Waals surface area (Å²) in [4.78, 5) is 10.5. The molecule has 0 aliphatic carbocycles. The van der Waals surface area contributed by atoms with Gasteiger partial charge >= 0.3 is 0 Å². The highest BCUT2D eigenvalue weighted by molar-refractivity contribution is 6.26. The second-order valence-electron chi connectivity index (χ2n) is 12.7. The number of benzene rings is 6. The fourth-order valence-electron chi connectivity index (χ4n) is 8.00. The number of hydrogen-bond donors (Lipinski definition) is 0. The minimum atomic E-state index is 0.710. The maximum absolute atomic E-state index is 5.28. The molecule has 11 rings (SSSR count). The van der Waals surface area contributed by atoms with Crippen molar-refractivity contribution in [3.05, 3.63) is 164 Å². The van der Waals surface area contributed by atoms with E-state index in [0.717, 1.165) is 44.8 Å². The Balaban J connectivity index is 1.20. The van der Waals surface area contributed by atoms with Crippen molar-refractivity contribution in [2.75, 3.05) is 0 Å². The molecule has 0 bridgehead atoms. The van der Waals surface area contributed by atoms with E-state index in [4.69, 9.17) is 9.97 Å². The normalized spacial score (nSPS) is 12.1. The van der Waals surface area contributed by atoms with E-state index in [2.05, 4.69) is 177 Å². The summed E-state index contributed by atoms with van der Waals surface area (Å²) in [6.45, 7) is 0. The average Bonchev–Trinajstić information content (AvgIpc) is 3.80. The minimum absolute atomic E-state index is 0.710. The van der Waals surface area contributed by atoms with Crippen molar-refractivity contribution in [3.8, 4) is 17.3 Å². The average molecular weight is 626 g/mol. The van der Waals surface area contributed by atoms with Gasteiger partial charge in [-0.05, 0) is 66.7 Å². The Morgan fingerprint density at radius 2 is 0.796 bits per heavy atom. The molecule has 5 heterocycles. The zero-order chi connectivity index (χ0) is 32.1. The van der Waals surface area contributed by atoms with Crippen LogP contribution in [0.4, 0.5) is 0 Å². The molecule has 0 radical (unpaired) electrons. The van der Waals surface area contributed by atoms with Crippen LogP contribution in [-0.4, -0.2) is 23.7 Å². The Labute approximate surface area is 280 Å². The zero-order valence-electron chi connectivity index (χ0n) is 26.3. The van der Waals surface area contributed by atoms with E-state index in [1.165, 1.54) is 43.4 Å². The predicted octanol–water partition coefficient (Wildman–Crippen LogP) is 10.9. The molecule has 0 atom stereocenters. The third kappa shape index (κ3) is 3.64. The molecule has 228 valence electrons. The van der Waals surface area contributed by atoms with Gasteiger partial charge in [-0.2, -0.15) is 0 Å². The Morgan fingerprint density at radius 3 is 1.41 bits per heavy atom. The highest BCUT2D eigenvalue weighted by Gasteiger charge is 2.21.